The summed E-state index contributed by atoms with van der Waals surface area (Å²) in [6, 6.07) is 14.3. The average Bonchev–Trinajstić information content (AvgIpc) is 3.03. The number of carbonyl (C=O) groups excluding carboxylic acids is 1. The molecule has 0 bridgehead atoms. The van der Waals surface area contributed by atoms with Crippen molar-refractivity contribution in [2.75, 3.05) is 24.1 Å². The summed E-state index contributed by atoms with van der Waals surface area (Å²) in [5, 5.41) is 6.06. The van der Waals surface area contributed by atoms with Crippen LogP contribution in [-0.4, -0.2) is 25.1 Å². The van der Waals surface area contributed by atoms with E-state index in [0.29, 0.717) is 16.9 Å². The highest BCUT2D eigenvalue weighted by molar-refractivity contribution is 6.05. The maximum Gasteiger partial charge on any atom is 0.255 e. The predicted molar refractivity (Wildman–Crippen MR) is 94.4 cm³/mol. The average molecular weight is 334 g/mol. The number of nitrogens with one attached hydrogen (secondary N) is 2. The molecule has 1 fully saturated rings. The molecule has 1 aliphatic rings. The van der Waals surface area contributed by atoms with Gasteiger partial charge in [0.15, 0.2) is 0 Å². The second kappa shape index (κ2) is 7.85. The molecule has 1 amide bonds. The first-order valence-corrected chi connectivity index (χ1v) is 7.35. The Bertz CT molecular complexity index is 655. The van der Waals surface area contributed by atoms with Crippen molar-refractivity contribution in [2.45, 2.75) is 12.5 Å². The van der Waals surface area contributed by atoms with Gasteiger partial charge in [-0.15, -0.1) is 12.4 Å². The molecule has 5 nitrogen and oxygen atoms in total. The maximum absolute atomic E-state index is 12.2. The number of hydrogen-bond acceptors (Lipinski definition) is 4. The minimum atomic E-state index is -0.188. The summed E-state index contributed by atoms with van der Waals surface area (Å²) < 4.78 is 5.83. The minimum absolute atomic E-state index is 0. The van der Waals surface area contributed by atoms with E-state index in [2.05, 4.69) is 10.6 Å². The fraction of sp³-hybridized carbons (Fsp3) is 0.235. The van der Waals surface area contributed by atoms with E-state index < -0.39 is 0 Å². The van der Waals surface area contributed by atoms with Crippen molar-refractivity contribution in [2.24, 2.45) is 0 Å². The molecule has 23 heavy (non-hydrogen) atoms. The van der Waals surface area contributed by atoms with Crippen LogP contribution in [0.4, 0.5) is 11.4 Å². The molecule has 6 heteroatoms. The number of halogens is 1. The molecule has 0 spiro atoms. The monoisotopic (exact) mass is 333 g/mol. The van der Waals surface area contributed by atoms with Gasteiger partial charge in [-0.1, -0.05) is 12.1 Å². The fourth-order valence-corrected chi connectivity index (χ4v) is 2.41. The summed E-state index contributed by atoms with van der Waals surface area (Å²) in [5.74, 6) is 0.594. The number of anilines is 2. The van der Waals surface area contributed by atoms with Crippen molar-refractivity contribution in [3.05, 3.63) is 54.1 Å². The number of amides is 1. The third kappa shape index (κ3) is 4.37. The van der Waals surface area contributed by atoms with Crippen molar-refractivity contribution in [1.82, 2.24) is 5.32 Å². The van der Waals surface area contributed by atoms with Gasteiger partial charge in [0.2, 0.25) is 0 Å². The first-order chi connectivity index (χ1) is 10.7. The van der Waals surface area contributed by atoms with E-state index >= 15 is 0 Å². The van der Waals surface area contributed by atoms with E-state index in [-0.39, 0.29) is 24.4 Å². The predicted octanol–water partition coefficient (Wildman–Crippen LogP) is 2.68. The maximum atomic E-state index is 12.2. The molecule has 3 rings (SSSR count). The lowest BCUT2D eigenvalue weighted by Crippen LogP contribution is -2.19. The lowest BCUT2D eigenvalue weighted by atomic mass is 10.2. The second-order valence-corrected chi connectivity index (χ2v) is 5.30. The highest BCUT2D eigenvalue weighted by Gasteiger charge is 2.16. The molecule has 1 aliphatic heterocycles. The smallest absolute Gasteiger partial charge is 0.255 e. The lowest BCUT2D eigenvalue weighted by molar-refractivity contribution is 0.102. The zero-order valence-electron chi connectivity index (χ0n) is 12.6. The zero-order valence-corrected chi connectivity index (χ0v) is 13.4. The molecule has 0 aliphatic carbocycles. The first kappa shape index (κ1) is 17.1. The van der Waals surface area contributed by atoms with Crippen LogP contribution in [0.5, 0.6) is 5.75 Å². The van der Waals surface area contributed by atoms with Crippen LogP contribution in [0.25, 0.3) is 0 Å². The van der Waals surface area contributed by atoms with Gasteiger partial charge in [-0.2, -0.15) is 0 Å². The van der Waals surface area contributed by atoms with Crippen molar-refractivity contribution < 1.29 is 9.53 Å². The molecule has 1 atom stereocenters. The molecule has 0 aromatic heterocycles. The van der Waals surface area contributed by atoms with Crippen molar-refractivity contribution in [1.29, 1.82) is 0 Å². The van der Waals surface area contributed by atoms with Gasteiger partial charge in [0.25, 0.3) is 5.91 Å². The minimum Gasteiger partial charge on any atom is -0.489 e. The van der Waals surface area contributed by atoms with Crippen LogP contribution in [0.15, 0.2) is 48.5 Å². The quantitative estimate of drug-likeness (QED) is 0.752. The Morgan fingerprint density at radius 3 is 2.57 bits per heavy atom. The molecular weight excluding hydrogens is 314 g/mol. The Balaban J connectivity index is 0.00000192. The van der Waals surface area contributed by atoms with Crippen LogP contribution >= 0.6 is 12.4 Å². The first-order valence-electron chi connectivity index (χ1n) is 7.35. The Hall–Kier alpha value is -2.24. The molecule has 1 saturated heterocycles. The van der Waals surface area contributed by atoms with Gasteiger partial charge in [-0.05, 0) is 49.4 Å². The molecule has 2 aromatic rings. The van der Waals surface area contributed by atoms with Crippen molar-refractivity contribution in [3.63, 3.8) is 0 Å². The summed E-state index contributed by atoms with van der Waals surface area (Å²) in [5.41, 5.74) is 7.55. The Kier molecular flexibility index (Phi) is 5.84. The van der Waals surface area contributed by atoms with E-state index in [1.165, 1.54) is 0 Å². The molecule has 0 saturated carbocycles. The molecule has 4 N–H and O–H groups in total. The Morgan fingerprint density at radius 2 is 1.91 bits per heavy atom. The Morgan fingerprint density at radius 1 is 1.17 bits per heavy atom. The molecule has 2 aromatic carbocycles. The van der Waals surface area contributed by atoms with Gasteiger partial charge in [-0.3, -0.25) is 4.79 Å². The van der Waals surface area contributed by atoms with Crippen LogP contribution < -0.4 is 21.1 Å². The van der Waals surface area contributed by atoms with Crippen LogP contribution in [0.2, 0.25) is 0 Å². The van der Waals surface area contributed by atoms with E-state index in [4.69, 9.17) is 10.5 Å². The Labute approximate surface area is 141 Å². The van der Waals surface area contributed by atoms with Crippen molar-refractivity contribution in [3.8, 4) is 5.75 Å². The van der Waals surface area contributed by atoms with Gasteiger partial charge in [0.1, 0.15) is 11.9 Å². The molecule has 122 valence electrons. The highest BCUT2D eigenvalue weighted by atomic mass is 35.5. The van der Waals surface area contributed by atoms with Gasteiger partial charge < -0.3 is 21.1 Å². The van der Waals surface area contributed by atoms with Gasteiger partial charge in [0.05, 0.1) is 11.4 Å². The van der Waals surface area contributed by atoms with E-state index in [0.717, 1.165) is 25.3 Å². The lowest BCUT2D eigenvalue weighted by Gasteiger charge is -2.13. The third-order valence-electron chi connectivity index (χ3n) is 3.64. The van der Waals surface area contributed by atoms with Gasteiger partial charge >= 0.3 is 0 Å². The highest BCUT2D eigenvalue weighted by Crippen LogP contribution is 2.20. The number of hydrogen-bond donors (Lipinski definition) is 3. The number of benzene rings is 2. The zero-order chi connectivity index (χ0) is 15.4. The molecule has 0 unspecified atom stereocenters. The van der Waals surface area contributed by atoms with Crippen LogP contribution in [-0.2, 0) is 0 Å². The third-order valence-corrected chi connectivity index (χ3v) is 3.64. The summed E-state index contributed by atoms with van der Waals surface area (Å²) in [7, 11) is 0. The largest absolute Gasteiger partial charge is 0.489 e. The summed E-state index contributed by atoms with van der Waals surface area (Å²) in [4.78, 5) is 12.2. The van der Waals surface area contributed by atoms with Crippen molar-refractivity contribution >= 4 is 29.7 Å². The van der Waals surface area contributed by atoms with E-state index in [1.807, 2.05) is 24.3 Å². The number of rotatable bonds is 4. The number of para-hydroxylation sites is 2. The summed E-state index contributed by atoms with van der Waals surface area (Å²) >= 11 is 0. The summed E-state index contributed by atoms with van der Waals surface area (Å²) in [6.07, 6.45) is 1.22. The van der Waals surface area contributed by atoms with E-state index in [9.17, 15) is 4.79 Å². The number of ether oxygens (including phenoxy) is 1. The molecule has 1 heterocycles. The van der Waals surface area contributed by atoms with Gasteiger partial charge in [-0.25, -0.2) is 0 Å². The molecular formula is C17H20ClN3O2. The van der Waals surface area contributed by atoms with E-state index in [1.54, 1.807) is 24.3 Å². The number of nitrogen functional groups attached to an aromatic ring is 1. The summed E-state index contributed by atoms with van der Waals surface area (Å²) in [6.45, 7) is 1.86. The number of nitrogens with two attached hydrogens (primary N) is 1. The van der Waals surface area contributed by atoms with Crippen LogP contribution in [0.1, 0.15) is 16.8 Å². The second-order valence-electron chi connectivity index (χ2n) is 5.30. The normalized spacial score (nSPS) is 16.4. The fourth-order valence-electron chi connectivity index (χ4n) is 2.41. The van der Waals surface area contributed by atoms with Crippen LogP contribution in [0, 0.1) is 0 Å². The SMILES string of the molecule is Cl.Nc1ccccc1NC(=O)c1ccc(O[C@H]2CCNC2)cc1. The standard InChI is InChI=1S/C17H19N3O2.ClH/c18-15-3-1-2-4-16(15)20-17(21)12-5-7-13(8-6-12)22-14-9-10-19-11-14;/h1-8,14,19H,9-11,18H2,(H,20,21);1H/t14-;/m0./s1. The van der Waals surface area contributed by atoms with Gasteiger partial charge in [0, 0.05) is 12.1 Å². The topological polar surface area (TPSA) is 76.4 Å². The number of carbonyl (C=O) groups is 1. The van der Waals surface area contributed by atoms with Crippen LogP contribution in [0.3, 0.4) is 0 Å². The molecule has 0 radical (unpaired) electrons.